The molecular weight excluding hydrogens is 226 g/mol. The molecule has 1 atom stereocenters. The summed E-state index contributed by atoms with van der Waals surface area (Å²) in [5.74, 6) is -0.501. The Kier molecular flexibility index (Phi) is 4.33. The summed E-state index contributed by atoms with van der Waals surface area (Å²) < 4.78 is 0. The molecule has 4 heteroatoms. The van der Waals surface area contributed by atoms with E-state index in [1.54, 1.807) is 0 Å². The van der Waals surface area contributed by atoms with Crippen LogP contribution in [-0.2, 0) is 17.6 Å². The van der Waals surface area contributed by atoms with Gasteiger partial charge in [-0.3, -0.25) is 4.79 Å². The average Bonchev–Trinajstić information content (AvgIpc) is 2.59. The predicted octanol–water partition coefficient (Wildman–Crippen LogP) is 1.63. The number of fused-ring (bicyclic) bond motifs is 1. The van der Waals surface area contributed by atoms with Crippen molar-refractivity contribution < 1.29 is 9.90 Å². The molecule has 3 nitrogen and oxygen atoms in total. The van der Waals surface area contributed by atoms with Gasteiger partial charge in [-0.05, 0) is 36.3 Å². The molecule has 0 unspecified atom stereocenters. The second-order valence-electron chi connectivity index (χ2n) is 4.22. The van der Waals surface area contributed by atoms with E-state index in [0.717, 1.165) is 12.8 Å². The molecule has 1 aromatic carbocycles. The first-order valence-corrected chi connectivity index (χ1v) is 5.22. The number of carboxylic acids is 1. The van der Waals surface area contributed by atoms with E-state index < -0.39 is 12.0 Å². The largest absolute Gasteiger partial charge is 0.480 e. The second-order valence-corrected chi connectivity index (χ2v) is 4.22. The van der Waals surface area contributed by atoms with Crippen molar-refractivity contribution in [3.63, 3.8) is 0 Å². The van der Waals surface area contributed by atoms with Crippen molar-refractivity contribution in [1.29, 1.82) is 0 Å². The van der Waals surface area contributed by atoms with Crippen molar-refractivity contribution >= 4 is 18.4 Å². The third-order valence-corrected chi connectivity index (χ3v) is 3.04. The van der Waals surface area contributed by atoms with Gasteiger partial charge in [-0.15, -0.1) is 12.4 Å². The van der Waals surface area contributed by atoms with Gasteiger partial charge in [0.25, 0.3) is 0 Å². The molecule has 1 aromatic rings. The van der Waals surface area contributed by atoms with Crippen LogP contribution < -0.4 is 5.73 Å². The molecule has 2 rings (SSSR count). The summed E-state index contributed by atoms with van der Waals surface area (Å²) in [6, 6.07) is 7.56. The molecule has 88 valence electrons. The van der Waals surface area contributed by atoms with E-state index in [1.165, 1.54) is 11.1 Å². The summed E-state index contributed by atoms with van der Waals surface area (Å²) in [6.07, 6.45) is 2.51. The molecule has 0 bridgehead atoms. The SMILES string of the molecule is Cl.N[C@@H](CC1Cc2ccccc2C1)C(=O)O. The minimum atomic E-state index is -0.897. The topological polar surface area (TPSA) is 63.3 Å². The average molecular weight is 242 g/mol. The number of aliphatic carboxylic acids is 1. The summed E-state index contributed by atoms with van der Waals surface area (Å²) in [5.41, 5.74) is 8.23. The van der Waals surface area contributed by atoms with Crippen molar-refractivity contribution in [2.24, 2.45) is 11.7 Å². The van der Waals surface area contributed by atoms with Gasteiger partial charge < -0.3 is 10.8 Å². The van der Waals surface area contributed by atoms with Gasteiger partial charge in [-0.25, -0.2) is 0 Å². The van der Waals surface area contributed by atoms with E-state index >= 15 is 0 Å². The Morgan fingerprint density at radius 3 is 2.31 bits per heavy atom. The third-order valence-electron chi connectivity index (χ3n) is 3.04. The molecule has 0 spiro atoms. The molecule has 0 fully saturated rings. The molecule has 0 aromatic heterocycles. The van der Waals surface area contributed by atoms with Crippen molar-refractivity contribution in [2.45, 2.75) is 25.3 Å². The van der Waals surface area contributed by atoms with Gasteiger partial charge in [-0.2, -0.15) is 0 Å². The minimum Gasteiger partial charge on any atom is -0.480 e. The van der Waals surface area contributed by atoms with Gasteiger partial charge in [0, 0.05) is 0 Å². The molecule has 0 radical (unpaired) electrons. The van der Waals surface area contributed by atoms with Crippen molar-refractivity contribution in [3.05, 3.63) is 35.4 Å². The van der Waals surface area contributed by atoms with Crippen LogP contribution >= 0.6 is 12.4 Å². The fraction of sp³-hybridized carbons (Fsp3) is 0.417. The van der Waals surface area contributed by atoms with E-state index in [4.69, 9.17) is 10.8 Å². The van der Waals surface area contributed by atoms with Crippen LogP contribution in [0.5, 0.6) is 0 Å². The molecule has 0 saturated heterocycles. The molecule has 3 N–H and O–H groups in total. The van der Waals surface area contributed by atoms with Crippen molar-refractivity contribution in [3.8, 4) is 0 Å². The maximum absolute atomic E-state index is 10.6. The van der Waals surface area contributed by atoms with Crippen LogP contribution in [0.1, 0.15) is 17.5 Å². The highest BCUT2D eigenvalue weighted by atomic mass is 35.5. The Labute approximate surface area is 101 Å². The standard InChI is InChI=1S/C12H15NO2.ClH/c13-11(12(14)15)7-8-5-9-3-1-2-4-10(9)6-8;/h1-4,8,11H,5-7,13H2,(H,14,15);1H/t11-;/m0./s1. The zero-order valence-electron chi connectivity index (χ0n) is 8.93. The van der Waals surface area contributed by atoms with Crippen LogP contribution in [-0.4, -0.2) is 17.1 Å². The zero-order valence-corrected chi connectivity index (χ0v) is 9.74. The Balaban J connectivity index is 0.00000128. The van der Waals surface area contributed by atoms with E-state index in [0.29, 0.717) is 12.3 Å². The second kappa shape index (κ2) is 5.32. The van der Waals surface area contributed by atoms with Crippen molar-refractivity contribution in [1.82, 2.24) is 0 Å². The summed E-state index contributed by atoms with van der Waals surface area (Å²) in [6.45, 7) is 0. The van der Waals surface area contributed by atoms with Gasteiger partial charge in [0.05, 0.1) is 0 Å². The molecular formula is C12H16ClNO2. The zero-order chi connectivity index (χ0) is 10.8. The number of halogens is 1. The van der Waals surface area contributed by atoms with E-state index in [1.807, 2.05) is 12.1 Å². The molecule has 0 aliphatic heterocycles. The Bertz CT molecular complexity index is 356. The van der Waals surface area contributed by atoms with E-state index in [2.05, 4.69) is 12.1 Å². The fourth-order valence-electron chi connectivity index (χ4n) is 2.28. The highest BCUT2D eigenvalue weighted by Crippen LogP contribution is 2.28. The minimum absolute atomic E-state index is 0. The number of benzene rings is 1. The molecule has 0 amide bonds. The molecule has 1 aliphatic rings. The number of hydrogen-bond donors (Lipinski definition) is 2. The maximum Gasteiger partial charge on any atom is 0.320 e. The third kappa shape index (κ3) is 2.74. The number of nitrogens with two attached hydrogens (primary N) is 1. The first kappa shape index (κ1) is 13.0. The fourth-order valence-corrected chi connectivity index (χ4v) is 2.28. The Morgan fingerprint density at radius 1 is 1.38 bits per heavy atom. The van der Waals surface area contributed by atoms with Gasteiger partial charge >= 0.3 is 5.97 Å². The normalized spacial score (nSPS) is 16.3. The summed E-state index contributed by atoms with van der Waals surface area (Å²) >= 11 is 0. The lowest BCUT2D eigenvalue weighted by Crippen LogP contribution is -2.32. The Hall–Kier alpha value is -1.06. The van der Waals surface area contributed by atoms with Crippen LogP contribution in [0.4, 0.5) is 0 Å². The lowest BCUT2D eigenvalue weighted by Gasteiger charge is -2.11. The van der Waals surface area contributed by atoms with Crippen LogP contribution in [0.3, 0.4) is 0 Å². The van der Waals surface area contributed by atoms with Gasteiger partial charge in [0.15, 0.2) is 0 Å². The number of carboxylic acid groups (broad SMARTS) is 1. The van der Waals surface area contributed by atoms with Gasteiger partial charge in [-0.1, -0.05) is 24.3 Å². The highest BCUT2D eigenvalue weighted by Gasteiger charge is 2.25. The highest BCUT2D eigenvalue weighted by molar-refractivity contribution is 5.85. The molecule has 0 saturated carbocycles. The lowest BCUT2D eigenvalue weighted by atomic mass is 9.97. The predicted molar refractivity (Wildman–Crippen MR) is 64.8 cm³/mol. The number of carbonyl (C=O) groups is 1. The summed E-state index contributed by atoms with van der Waals surface area (Å²) in [7, 11) is 0. The molecule has 1 aliphatic carbocycles. The Morgan fingerprint density at radius 2 is 1.88 bits per heavy atom. The molecule has 0 heterocycles. The van der Waals surface area contributed by atoms with E-state index in [-0.39, 0.29) is 12.4 Å². The molecule has 16 heavy (non-hydrogen) atoms. The lowest BCUT2D eigenvalue weighted by molar-refractivity contribution is -0.138. The van der Waals surface area contributed by atoms with E-state index in [9.17, 15) is 4.79 Å². The van der Waals surface area contributed by atoms with Gasteiger partial charge in [0.2, 0.25) is 0 Å². The monoisotopic (exact) mass is 241 g/mol. The summed E-state index contributed by atoms with van der Waals surface area (Å²) in [4.78, 5) is 10.6. The van der Waals surface area contributed by atoms with Gasteiger partial charge in [0.1, 0.15) is 6.04 Å². The van der Waals surface area contributed by atoms with Crippen LogP contribution in [0, 0.1) is 5.92 Å². The van der Waals surface area contributed by atoms with Crippen LogP contribution in [0.15, 0.2) is 24.3 Å². The smallest absolute Gasteiger partial charge is 0.320 e. The van der Waals surface area contributed by atoms with Crippen LogP contribution in [0.25, 0.3) is 0 Å². The summed E-state index contributed by atoms with van der Waals surface area (Å²) in [5, 5.41) is 8.73. The van der Waals surface area contributed by atoms with Crippen LogP contribution in [0.2, 0.25) is 0 Å². The number of hydrogen-bond acceptors (Lipinski definition) is 2. The quantitative estimate of drug-likeness (QED) is 0.846. The maximum atomic E-state index is 10.6. The first-order chi connectivity index (χ1) is 7.16. The van der Waals surface area contributed by atoms with Crippen molar-refractivity contribution in [2.75, 3.05) is 0 Å². The number of rotatable bonds is 3. The first-order valence-electron chi connectivity index (χ1n) is 5.22.